The second kappa shape index (κ2) is 5.22. The van der Waals surface area contributed by atoms with E-state index < -0.39 is 21.5 Å². The van der Waals surface area contributed by atoms with Gasteiger partial charge in [0.05, 0.1) is 9.79 Å². The fourth-order valence-electron chi connectivity index (χ4n) is 2.26. The second-order valence-corrected chi connectivity index (χ2v) is 7.20. The Bertz CT molecular complexity index is 715. The summed E-state index contributed by atoms with van der Waals surface area (Å²) in [7, 11) is -3.80. The Morgan fingerprint density at radius 1 is 0.667 bits per heavy atom. The monoisotopic (exact) mass is 310 g/mol. The van der Waals surface area contributed by atoms with Crippen molar-refractivity contribution in [3.05, 3.63) is 58.2 Å². The molecule has 2 nitrogen and oxygen atoms in total. The van der Waals surface area contributed by atoms with Gasteiger partial charge in [-0.2, -0.15) is 0 Å². The molecule has 0 spiro atoms. The molecule has 0 aliphatic heterocycles. The van der Waals surface area contributed by atoms with Crippen LogP contribution in [0.2, 0.25) is 0 Å². The van der Waals surface area contributed by atoms with E-state index in [1.165, 1.54) is 52.0 Å². The molecular formula is C16H16F2O2S. The zero-order valence-corrected chi connectivity index (χ0v) is 13.1. The summed E-state index contributed by atoms with van der Waals surface area (Å²) in [6, 6.07) is 5.19. The smallest absolute Gasteiger partial charge is 0.206 e. The topological polar surface area (TPSA) is 34.1 Å². The van der Waals surface area contributed by atoms with E-state index in [0.717, 1.165) is 0 Å². The molecule has 0 bridgehead atoms. The summed E-state index contributed by atoms with van der Waals surface area (Å²) in [4.78, 5) is 0.0358. The molecule has 21 heavy (non-hydrogen) atoms. The van der Waals surface area contributed by atoms with Gasteiger partial charge in [-0.3, -0.25) is 0 Å². The third kappa shape index (κ3) is 2.70. The van der Waals surface area contributed by atoms with Crippen LogP contribution >= 0.6 is 0 Å². The molecule has 0 amide bonds. The lowest BCUT2D eigenvalue weighted by molar-refractivity contribution is 0.588. The molecule has 0 saturated heterocycles. The predicted molar refractivity (Wildman–Crippen MR) is 77.2 cm³/mol. The van der Waals surface area contributed by atoms with Crippen LogP contribution in [0.15, 0.2) is 34.1 Å². The van der Waals surface area contributed by atoms with Crippen molar-refractivity contribution >= 4 is 9.84 Å². The molecule has 0 unspecified atom stereocenters. The minimum Gasteiger partial charge on any atom is -0.219 e. The molecule has 0 N–H and O–H groups in total. The number of hydrogen-bond donors (Lipinski definition) is 0. The van der Waals surface area contributed by atoms with Crippen molar-refractivity contribution < 1.29 is 17.2 Å². The van der Waals surface area contributed by atoms with Crippen LogP contribution in [0, 0.1) is 39.3 Å². The zero-order chi connectivity index (χ0) is 15.9. The molecule has 0 radical (unpaired) electrons. The summed E-state index contributed by atoms with van der Waals surface area (Å²) >= 11 is 0. The van der Waals surface area contributed by atoms with E-state index in [1.54, 1.807) is 0 Å². The summed E-state index contributed by atoms with van der Waals surface area (Å²) in [5, 5.41) is 0. The highest BCUT2D eigenvalue weighted by Crippen LogP contribution is 2.27. The van der Waals surface area contributed by atoms with Crippen LogP contribution in [-0.2, 0) is 9.84 Å². The van der Waals surface area contributed by atoms with E-state index in [0.29, 0.717) is 0 Å². The molecule has 0 atom stereocenters. The van der Waals surface area contributed by atoms with Crippen LogP contribution in [0.25, 0.3) is 0 Å². The Labute approximate surface area is 123 Å². The molecule has 0 aliphatic rings. The van der Waals surface area contributed by atoms with Crippen LogP contribution in [0.1, 0.15) is 22.3 Å². The lowest BCUT2D eigenvalue weighted by Gasteiger charge is -2.10. The second-order valence-electron chi connectivity index (χ2n) is 5.25. The van der Waals surface area contributed by atoms with Gasteiger partial charge in [0.15, 0.2) is 0 Å². The van der Waals surface area contributed by atoms with E-state index >= 15 is 0 Å². The third-order valence-corrected chi connectivity index (χ3v) is 5.15. The first-order valence-corrected chi connectivity index (χ1v) is 7.91. The lowest BCUT2D eigenvalue weighted by atomic mass is 10.1. The Balaban J connectivity index is 2.68. The van der Waals surface area contributed by atoms with Gasteiger partial charge in [0.1, 0.15) is 11.6 Å². The summed E-state index contributed by atoms with van der Waals surface area (Å²) in [6.45, 7) is 6.07. The van der Waals surface area contributed by atoms with Gasteiger partial charge in [0.25, 0.3) is 0 Å². The van der Waals surface area contributed by atoms with Crippen LogP contribution in [0.5, 0.6) is 0 Å². The van der Waals surface area contributed by atoms with Gasteiger partial charge in [-0.05, 0) is 74.2 Å². The molecule has 0 saturated carbocycles. The van der Waals surface area contributed by atoms with E-state index in [2.05, 4.69) is 0 Å². The van der Waals surface area contributed by atoms with Crippen molar-refractivity contribution in [1.29, 1.82) is 0 Å². The van der Waals surface area contributed by atoms with E-state index in [4.69, 9.17) is 0 Å². The number of aryl methyl sites for hydroxylation is 4. The first-order chi connectivity index (χ1) is 9.64. The molecular weight excluding hydrogens is 294 g/mol. The van der Waals surface area contributed by atoms with Crippen molar-refractivity contribution in [2.45, 2.75) is 37.5 Å². The maximum absolute atomic E-state index is 13.6. The summed E-state index contributed by atoms with van der Waals surface area (Å²) < 4.78 is 52.5. The average Bonchev–Trinajstić information content (AvgIpc) is 2.40. The fourth-order valence-corrected chi connectivity index (χ4v) is 3.86. The summed E-state index contributed by atoms with van der Waals surface area (Å²) in [5.74, 6) is -0.833. The Morgan fingerprint density at radius 3 is 1.14 bits per heavy atom. The lowest BCUT2D eigenvalue weighted by Crippen LogP contribution is -2.06. The average molecular weight is 310 g/mol. The maximum atomic E-state index is 13.6. The maximum Gasteiger partial charge on any atom is 0.206 e. The van der Waals surface area contributed by atoms with Crippen molar-refractivity contribution in [1.82, 2.24) is 0 Å². The largest absolute Gasteiger partial charge is 0.219 e. The molecule has 2 rings (SSSR count). The van der Waals surface area contributed by atoms with Gasteiger partial charge in [0.2, 0.25) is 9.84 Å². The molecule has 0 heterocycles. The SMILES string of the molecule is Cc1cc(S(=O)(=O)c2cc(C)c(F)c(C)c2)cc(C)c1F. The minimum absolute atomic E-state index is 0.0179. The highest BCUT2D eigenvalue weighted by Gasteiger charge is 2.21. The van der Waals surface area contributed by atoms with Crippen molar-refractivity contribution in [3.63, 3.8) is 0 Å². The van der Waals surface area contributed by atoms with E-state index in [1.807, 2.05) is 0 Å². The van der Waals surface area contributed by atoms with Gasteiger partial charge in [-0.15, -0.1) is 0 Å². The first kappa shape index (κ1) is 15.6. The molecule has 0 aromatic heterocycles. The van der Waals surface area contributed by atoms with Gasteiger partial charge in [-0.25, -0.2) is 17.2 Å². The summed E-state index contributed by atoms with van der Waals surface area (Å²) in [5.41, 5.74) is 1.07. The van der Waals surface area contributed by atoms with Crippen molar-refractivity contribution in [2.24, 2.45) is 0 Å². The van der Waals surface area contributed by atoms with Crippen LogP contribution < -0.4 is 0 Å². The number of hydrogen-bond acceptors (Lipinski definition) is 2. The predicted octanol–water partition coefficient (Wildman–Crippen LogP) is 4.03. The van der Waals surface area contributed by atoms with Crippen LogP contribution in [-0.4, -0.2) is 8.42 Å². The Morgan fingerprint density at radius 2 is 0.905 bits per heavy atom. The number of halogens is 2. The van der Waals surface area contributed by atoms with E-state index in [9.17, 15) is 17.2 Å². The normalized spacial score (nSPS) is 11.7. The minimum atomic E-state index is -3.80. The van der Waals surface area contributed by atoms with Crippen molar-refractivity contribution in [3.8, 4) is 0 Å². The quantitative estimate of drug-likeness (QED) is 0.785. The standard InChI is InChI=1S/C16H16F2O2S/c1-9-5-13(6-10(2)15(9)17)21(19,20)14-7-11(3)16(18)12(4)8-14/h5-8H,1-4H3. The number of sulfone groups is 1. The van der Waals surface area contributed by atoms with Crippen LogP contribution in [0.3, 0.4) is 0 Å². The van der Waals surface area contributed by atoms with Crippen LogP contribution in [0.4, 0.5) is 8.78 Å². The number of benzene rings is 2. The molecule has 2 aromatic carbocycles. The Hall–Kier alpha value is -1.75. The van der Waals surface area contributed by atoms with Gasteiger partial charge >= 0.3 is 0 Å². The molecule has 112 valence electrons. The molecule has 5 heteroatoms. The van der Waals surface area contributed by atoms with Gasteiger partial charge in [0, 0.05) is 0 Å². The van der Waals surface area contributed by atoms with Crippen molar-refractivity contribution in [2.75, 3.05) is 0 Å². The molecule has 2 aromatic rings. The Kier molecular flexibility index (Phi) is 3.89. The van der Waals surface area contributed by atoms with Gasteiger partial charge in [-0.1, -0.05) is 0 Å². The summed E-state index contributed by atoms with van der Waals surface area (Å²) in [6.07, 6.45) is 0. The fraction of sp³-hybridized carbons (Fsp3) is 0.250. The number of rotatable bonds is 2. The highest BCUT2D eigenvalue weighted by molar-refractivity contribution is 7.91. The van der Waals surface area contributed by atoms with Gasteiger partial charge < -0.3 is 0 Å². The zero-order valence-electron chi connectivity index (χ0n) is 12.3. The molecule has 0 aliphatic carbocycles. The third-order valence-electron chi connectivity index (χ3n) is 3.44. The first-order valence-electron chi connectivity index (χ1n) is 6.43. The highest BCUT2D eigenvalue weighted by atomic mass is 32.2. The van der Waals surface area contributed by atoms with E-state index in [-0.39, 0.29) is 32.0 Å². The molecule has 0 fully saturated rings.